The minimum Gasteiger partial charge on any atom is -0.489 e. The molecule has 0 radical (unpaired) electrons. The molecule has 6 nitrogen and oxygen atoms in total. The summed E-state index contributed by atoms with van der Waals surface area (Å²) in [7, 11) is 3.37. The molecule has 2 aliphatic rings. The first-order chi connectivity index (χ1) is 16.8. The summed E-state index contributed by atoms with van der Waals surface area (Å²) in [5.74, 6) is 6.84. The normalized spacial score (nSPS) is 21.4. The maximum atomic E-state index is 12.2. The molecule has 1 saturated carbocycles. The van der Waals surface area contributed by atoms with Crippen LogP contribution in [0.25, 0.3) is 0 Å². The highest BCUT2D eigenvalue weighted by molar-refractivity contribution is 5.67. The number of rotatable bonds is 9. The number of para-hydroxylation sites is 1. The zero-order valence-electron chi connectivity index (χ0n) is 22.0. The molecule has 1 aliphatic carbocycles. The van der Waals surface area contributed by atoms with Gasteiger partial charge in [-0.3, -0.25) is 4.79 Å². The van der Waals surface area contributed by atoms with Gasteiger partial charge >= 0.3 is 12.1 Å². The van der Waals surface area contributed by atoms with Crippen LogP contribution in [0.15, 0.2) is 30.4 Å². The average Bonchev–Trinajstić information content (AvgIpc) is 3.41. The van der Waals surface area contributed by atoms with Crippen LogP contribution in [-0.2, 0) is 16.0 Å². The second-order valence-electron chi connectivity index (χ2n) is 9.24. The summed E-state index contributed by atoms with van der Waals surface area (Å²) in [5.41, 5.74) is 2.31. The molecule has 1 aromatic rings. The zero-order chi connectivity index (χ0) is 26.0. The van der Waals surface area contributed by atoms with Crippen LogP contribution in [0.3, 0.4) is 0 Å². The van der Waals surface area contributed by atoms with E-state index in [1.807, 2.05) is 39.0 Å². The topological polar surface area (TPSA) is 76.1 Å². The Morgan fingerprint density at radius 1 is 1.29 bits per heavy atom. The van der Waals surface area contributed by atoms with Crippen LogP contribution < -0.4 is 4.74 Å². The lowest BCUT2D eigenvalue weighted by Gasteiger charge is -2.23. The summed E-state index contributed by atoms with van der Waals surface area (Å²) in [6, 6.07) is 6.22. The molecule has 1 aromatic carbocycles. The fourth-order valence-electron chi connectivity index (χ4n) is 4.76. The number of carboxylic acids is 1. The van der Waals surface area contributed by atoms with E-state index in [2.05, 4.69) is 30.9 Å². The SMILES string of the molecule is CC.CC#CC[C@H](C)C(/C=C/C1CC[C@@H]2Oc3c(CCCC(=O)O)cccc3C12)OC(=O)N(C)C. The number of aryl methyl sites for hydroxylation is 1. The number of nitrogens with zero attached hydrogens (tertiary/aromatic N) is 1. The van der Waals surface area contributed by atoms with Crippen LogP contribution in [0.4, 0.5) is 4.79 Å². The van der Waals surface area contributed by atoms with Gasteiger partial charge in [0.2, 0.25) is 0 Å². The summed E-state index contributed by atoms with van der Waals surface area (Å²) in [6.45, 7) is 7.87. The van der Waals surface area contributed by atoms with Crippen LogP contribution in [-0.4, -0.2) is 48.4 Å². The summed E-state index contributed by atoms with van der Waals surface area (Å²) in [4.78, 5) is 24.5. The third-order valence-corrected chi connectivity index (χ3v) is 6.55. The largest absolute Gasteiger partial charge is 0.489 e. The Morgan fingerprint density at radius 3 is 2.69 bits per heavy atom. The number of benzene rings is 1. The van der Waals surface area contributed by atoms with Crippen molar-refractivity contribution in [1.29, 1.82) is 0 Å². The van der Waals surface area contributed by atoms with E-state index in [1.54, 1.807) is 14.1 Å². The van der Waals surface area contributed by atoms with Gasteiger partial charge in [0.1, 0.15) is 18.0 Å². The van der Waals surface area contributed by atoms with Gasteiger partial charge in [0, 0.05) is 44.3 Å². The summed E-state index contributed by atoms with van der Waals surface area (Å²) in [5, 5.41) is 8.95. The molecule has 1 heterocycles. The smallest absolute Gasteiger partial charge is 0.409 e. The van der Waals surface area contributed by atoms with Crippen LogP contribution in [0.1, 0.15) is 76.8 Å². The van der Waals surface area contributed by atoms with Crippen molar-refractivity contribution >= 4 is 12.1 Å². The van der Waals surface area contributed by atoms with Gasteiger partial charge in [-0.25, -0.2) is 4.79 Å². The first-order valence-corrected chi connectivity index (χ1v) is 12.8. The van der Waals surface area contributed by atoms with E-state index < -0.39 is 5.97 Å². The molecule has 6 heteroatoms. The van der Waals surface area contributed by atoms with E-state index >= 15 is 0 Å². The Hall–Kier alpha value is -2.94. The number of allylic oxidation sites excluding steroid dienone is 1. The number of amides is 1. The number of carbonyl (C=O) groups is 2. The van der Waals surface area contributed by atoms with Gasteiger partial charge in [-0.15, -0.1) is 11.8 Å². The van der Waals surface area contributed by atoms with Gasteiger partial charge in [0.15, 0.2) is 0 Å². The van der Waals surface area contributed by atoms with Crippen molar-refractivity contribution in [3.05, 3.63) is 41.5 Å². The van der Waals surface area contributed by atoms with Gasteiger partial charge < -0.3 is 19.5 Å². The highest BCUT2D eigenvalue weighted by atomic mass is 16.6. The third kappa shape index (κ3) is 7.52. The average molecular weight is 484 g/mol. The molecule has 5 atom stereocenters. The number of aliphatic carboxylic acids is 1. The Kier molecular flexibility index (Phi) is 11.2. The molecule has 1 N–H and O–H groups in total. The summed E-state index contributed by atoms with van der Waals surface area (Å²) >= 11 is 0. The molecule has 0 saturated heterocycles. The molecule has 3 rings (SSSR count). The Bertz CT molecular complexity index is 942. The monoisotopic (exact) mass is 483 g/mol. The van der Waals surface area contributed by atoms with Crippen molar-refractivity contribution in [1.82, 2.24) is 4.90 Å². The highest BCUT2D eigenvalue weighted by Gasteiger charge is 2.44. The van der Waals surface area contributed by atoms with Gasteiger partial charge in [-0.05, 0) is 50.2 Å². The Labute approximate surface area is 210 Å². The summed E-state index contributed by atoms with van der Waals surface area (Å²) in [6.07, 6.45) is 7.79. The van der Waals surface area contributed by atoms with Gasteiger partial charge in [0.05, 0.1) is 0 Å². The third-order valence-electron chi connectivity index (χ3n) is 6.55. The van der Waals surface area contributed by atoms with Crippen molar-refractivity contribution in [2.75, 3.05) is 14.1 Å². The minimum absolute atomic E-state index is 0.0859. The fourth-order valence-corrected chi connectivity index (χ4v) is 4.76. The number of fused-ring (bicyclic) bond motifs is 3. The molecule has 3 unspecified atom stereocenters. The summed E-state index contributed by atoms with van der Waals surface area (Å²) < 4.78 is 12.1. The van der Waals surface area contributed by atoms with Crippen LogP contribution >= 0.6 is 0 Å². The van der Waals surface area contributed by atoms with E-state index in [9.17, 15) is 9.59 Å². The van der Waals surface area contributed by atoms with E-state index in [-0.39, 0.29) is 36.6 Å². The van der Waals surface area contributed by atoms with Crippen molar-refractivity contribution in [3.63, 3.8) is 0 Å². The van der Waals surface area contributed by atoms with E-state index in [0.29, 0.717) is 25.2 Å². The maximum Gasteiger partial charge on any atom is 0.409 e. The van der Waals surface area contributed by atoms with E-state index in [0.717, 1.165) is 24.2 Å². The first-order valence-electron chi connectivity index (χ1n) is 12.8. The maximum absolute atomic E-state index is 12.2. The van der Waals surface area contributed by atoms with Gasteiger partial charge in [-0.2, -0.15) is 0 Å². The van der Waals surface area contributed by atoms with E-state index in [1.165, 1.54) is 10.5 Å². The van der Waals surface area contributed by atoms with Crippen LogP contribution in [0.5, 0.6) is 5.75 Å². The molecule has 1 fully saturated rings. The highest BCUT2D eigenvalue weighted by Crippen LogP contribution is 2.52. The molecule has 1 aliphatic heterocycles. The second kappa shape index (κ2) is 13.8. The Morgan fingerprint density at radius 2 is 2.03 bits per heavy atom. The second-order valence-corrected chi connectivity index (χ2v) is 9.24. The minimum atomic E-state index is -0.769. The van der Waals surface area contributed by atoms with Crippen molar-refractivity contribution < 1.29 is 24.2 Å². The molecule has 192 valence electrons. The van der Waals surface area contributed by atoms with Crippen molar-refractivity contribution in [3.8, 4) is 17.6 Å². The lowest BCUT2D eigenvalue weighted by Crippen LogP contribution is -2.30. The van der Waals surface area contributed by atoms with E-state index in [4.69, 9.17) is 14.6 Å². The van der Waals surface area contributed by atoms with Crippen LogP contribution in [0.2, 0.25) is 0 Å². The molecule has 1 amide bonds. The lowest BCUT2D eigenvalue weighted by atomic mass is 9.86. The zero-order valence-corrected chi connectivity index (χ0v) is 22.0. The number of carboxylic acid groups (broad SMARTS) is 1. The fraction of sp³-hybridized carbons (Fsp3) is 0.586. The predicted molar refractivity (Wildman–Crippen MR) is 139 cm³/mol. The number of carbonyl (C=O) groups excluding carboxylic acids is 1. The molecular formula is C29H41NO5. The predicted octanol–water partition coefficient (Wildman–Crippen LogP) is 6.05. The molecule has 35 heavy (non-hydrogen) atoms. The number of hydrogen-bond donors (Lipinski definition) is 1. The van der Waals surface area contributed by atoms with Gasteiger partial charge in [-0.1, -0.05) is 45.0 Å². The quantitative estimate of drug-likeness (QED) is 0.342. The Balaban J connectivity index is 0.00000210. The standard InChI is InChI=1S/C27H35NO5.C2H6/c1-5-6-9-18(2)22(33-27(31)28(3)4)16-14-19-15-17-23-25(19)21-12-7-10-20(26(21)32-23)11-8-13-24(29)30;1-2/h7,10,12,14,16,18-19,22-23,25H,8-9,11,13,15,17H2,1-4H3,(H,29,30);1-2H3/b16-14+;/t18-,19?,22?,23-,25?;/m0./s1. The number of hydrogen-bond acceptors (Lipinski definition) is 4. The van der Waals surface area contributed by atoms with Crippen molar-refractivity contribution in [2.45, 2.75) is 84.3 Å². The van der Waals surface area contributed by atoms with Crippen molar-refractivity contribution in [2.24, 2.45) is 11.8 Å². The van der Waals surface area contributed by atoms with Crippen LogP contribution in [0, 0.1) is 23.7 Å². The molecular weight excluding hydrogens is 442 g/mol. The molecule has 0 spiro atoms. The van der Waals surface area contributed by atoms with Gasteiger partial charge in [0.25, 0.3) is 0 Å². The molecule has 0 bridgehead atoms. The lowest BCUT2D eigenvalue weighted by molar-refractivity contribution is -0.137. The molecule has 0 aromatic heterocycles. The number of ether oxygens (including phenoxy) is 2. The first kappa shape index (κ1) is 28.3.